The summed E-state index contributed by atoms with van der Waals surface area (Å²) in [4.78, 5) is 16.7. The predicted octanol–water partition coefficient (Wildman–Crippen LogP) is 3.45. The van der Waals surface area contributed by atoms with Gasteiger partial charge in [0.15, 0.2) is 0 Å². The van der Waals surface area contributed by atoms with Crippen LogP contribution in [0, 0.1) is 13.8 Å². The molecule has 2 aromatic heterocycles. The molecule has 0 saturated heterocycles. The van der Waals surface area contributed by atoms with Gasteiger partial charge in [-0.15, -0.1) is 10.2 Å². The van der Waals surface area contributed by atoms with E-state index in [1.807, 2.05) is 62.4 Å². The van der Waals surface area contributed by atoms with E-state index in [1.54, 1.807) is 0 Å². The van der Waals surface area contributed by atoms with Gasteiger partial charge in [-0.3, -0.25) is 4.79 Å². The molecule has 1 N–H and O–H groups in total. The average Bonchev–Trinajstić information content (AvgIpc) is 3.32. The van der Waals surface area contributed by atoms with E-state index in [0.29, 0.717) is 37.7 Å². The molecule has 0 unspecified atom stereocenters. The number of carbonyl (C=O) groups excluding carboxylic acids is 1. The highest BCUT2D eigenvalue weighted by atomic mass is 16.4. The van der Waals surface area contributed by atoms with Crippen molar-refractivity contribution in [2.75, 3.05) is 6.54 Å². The Morgan fingerprint density at radius 2 is 1.86 bits per heavy atom. The number of carbonyl (C=O) groups is 1. The Morgan fingerprint density at radius 1 is 1.07 bits per heavy atom. The molecule has 7 nitrogen and oxygen atoms in total. The standard InChI is InChI=1S/C22H23N5O2/c1-15-7-9-17(10-8-15)22-26-25-21(29-22)12-11-20(28)23-13-14-27-16(2)24-18-5-3-4-6-19(18)27/h3-10H,11-14H2,1-2H3,(H,23,28). The molecule has 0 spiro atoms. The molecule has 2 aromatic carbocycles. The Balaban J connectivity index is 1.27. The number of fused-ring (bicyclic) bond motifs is 1. The number of imidazole rings is 1. The van der Waals surface area contributed by atoms with Crippen LogP contribution in [-0.2, 0) is 17.8 Å². The first-order valence-electron chi connectivity index (χ1n) is 9.68. The first-order valence-corrected chi connectivity index (χ1v) is 9.68. The van der Waals surface area contributed by atoms with Gasteiger partial charge in [0.05, 0.1) is 11.0 Å². The second kappa shape index (κ2) is 8.26. The molecule has 0 aliphatic rings. The van der Waals surface area contributed by atoms with Crippen molar-refractivity contribution in [1.29, 1.82) is 0 Å². The summed E-state index contributed by atoms with van der Waals surface area (Å²) in [6, 6.07) is 15.9. The van der Waals surface area contributed by atoms with Crippen LogP contribution in [0.4, 0.5) is 0 Å². The van der Waals surface area contributed by atoms with E-state index in [1.165, 1.54) is 5.56 Å². The van der Waals surface area contributed by atoms with Crippen molar-refractivity contribution in [3.8, 4) is 11.5 Å². The Hall–Kier alpha value is -3.48. The van der Waals surface area contributed by atoms with Crippen molar-refractivity contribution in [1.82, 2.24) is 25.1 Å². The van der Waals surface area contributed by atoms with Crippen LogP contribution in [0.5, 0.6) is 0 Å². The van der Waals surface area contributed by atoms with E-state index in [0.717, 1.165) is 22.4 Å². The number of nitrogens with zero attached hydrogens (tertiary/aromatic N) is 4. The molecule has 29 heavy (non-hydrogen) atoms. The molecule has 2 heterocycles. The maximum atomic E-state index is 12.2. The second-order valence-electron chi connectivity index (χ2n) is 7.02. The van der Waals surface area contributed by atoms with Crippen LogP contribution in [0.15, 0.2) is 52.9 Å². The van der Waals surface area contributed by atoms with E-state index in [-0.39, 0.29) is 5.91 Å². The molecule has 7 heteroatoms. The number of benzene rings is 2. The van der Waals surface area contributed by atoms with Crippen molar-refractivity contribution in [2.24, 2.45) is 0 Å². The molecule has 0 saturated carbocycles. The smallest absolute Gasteiger partial charge is 0.247 e. The first kappa shape index (κ1) is 18.9. The van der Waals surface area contributed by atoms with Gasteiger partial charge in [-0.2, -0.15) is 0 Å². The fourth-order valence-corrected chi connectivity index (χ4v) is 3.26. The van der Waals surface area contributed by atoms with Gasteiger partial charge in [0.1, 0.15) is 5.82 Å². The predicted molar refractivity (Wildman–Crippen MR) is 110 cm³/mol. The number of hydrogen-bond acceptors (Lipinski definition) is 5. The molecule has 4 rings (SSSR count). The van der Waals surface area contributed by atoms with Crippen LogP contribution in [0.1, 0.15) is 23.7 Å². The third-order valence-electron chi connectivity index (χ3n) is 4.83. The van der Waals surface area contributed by atoms with E-state index in [2.05, 4.69) is 25.1 Å². The largest absolute Gasteiger partial charge is 0.421 e. The third-order valence-corrected chi connectivity index (χ3v) is 4.83. The molecule has 148 valence electrons. The molecule has 0 aliphatic heterocycles. The highest BCUT2D eigenvalue weighted by molar-refractivity contribution is 5.77. The Bertz CT molecular complexity index is 1130. The van der Waals surface area contributed by atoms with Crippen molar-refractivity contribution in [2.45, 2.75) is 33.2 Å². The van der Waals surface area contributed by atoms with Crippen LogP contribution in [0.3, 0.4) is 0 Å². The molecule has 0 radical (unpaired) electrons. The van der Waals surface area contributed by atoms with Gasteiger partial charge in [0.25, 0.3) is 0 Å². The molecular formula is C22H23N5O2. The Labute approximate surface area is 168 Å². The van der Waals surface area contributed by atoms with E-state index < -0.39 is 0 Å². The average molecular weight is 389 g/mol. The highest BCUT2D eigenvalue weighted by Crippen LogP contribution is 2.19. The van der Waals surface area contributed by atoms with Crippen LogP contribution in [0.2, 0.25) is 0 Å². The summed E-state index contributed by atoms with van der Waals surface area (Å²) in [5, 5.41) is 11.1. The first-order chi connectivity index (χ1) is 14.1. The fourth-order valence-electron chi connectivity index (χ4n) is 3.26. The zero-order valence-electron chi connectivity index (χ0n) is 16.6. The monoisotopic (exact) mass is 389 g/mol. The summed E-state index contributed by atoms with van der Waals surface area (Å²) >= 11 is 0. The summed E-state index contributed by atoms with van der Waals surface area (Å²) in [6.45, 7) is 5.22. The topological polar surface area (TPSA) is 85.8 Å². The number of nitrogens with one attached hydrogen (secondary N) is 1. The van der Waals surface area contributed by atoms with Gasteiger partial charge in [-0.25, -0.2) is 4.98 Å². The minimum atomic E-state index is -0.0397. The van der Waals surface area contributed by atoms with Gasteiger partial charge < -0.3 is 14.3 Å². The van der Waals surface area contributed by atoms with Crippen LogP contribution in [-0.4, -0.2) is 32.2 Å². The van der Waals surface area contributed by atoms with Gasteiger partial charge in [0, 0.05) is 31.5 Å². The zero-order valence-corrected chi connectivity index (χ0v) is 16.6. The van der Waals surface area contributed by atoms with Crippen molar-refractivity contribution < 1.29 is 9.21 Å². The normalized spacial score (nSPS) is 11.1. The molecule has 0 bridgehead atoms. The maximum Gasteiger partial charge on any atom is 0.247 e. The zero-order chi connectivity index (χ0) is 20.2. The summed E-state index contributed by atoms with van der Waals surface area (Å²) in [6.07, 6.45) is 0.719. The van der Waals surface area contributed by atoms with Gasteiger partial charge in [-0.1, -0.05) is 29.8 Å². The Morgan fingerprint density at radius 3 is 2.69 bits per heavy atom. The number of para-hydroxylation sites is 2. The second-order valence-corrected chi connectivity index (χ2v) is 7.02. The number of rotatable bonds is 7. The highest BCUT2D eigenvalue weighted by Gasteiger charge is 2.11. The summed E-state index contributed by atoms with van der Waals surface area (Å²) in [5.74, 6) is 1.84. The molecule has 0 aliphatic carbocycles. The molecular weight excluding hydrogens is 366 g/mol. The van der Waals surface area contributed by atoms with Crippen molar-refractivity contribution in [3.63, 3.8) is 0 Å². The van der Waals surface area contributed by atoms with Gasteiger partial charge in [0.2, 0.25) is 17.7 Å². The van der Waals surface area contributed by atoms with Crippen LogP contribution < -0.4 is 5.32 Å². The summed E-state index contributed by atoms with van der Waals surface area (Å²) < 4.78 is 7.79. The number of aromatic nitrogens is 4. The lowest BCUT2D eigenvalue weighted by Crippen LogP contribution is -2.27. The maximum absolute atomic E-state index is 12.2. The number of hydrogen-bond donors (Lipinski definition) is 1. The molecule has 0 fully saturated rings. The van der Waals surface area contributed by atoms with E-state index in [9.17, 15) is 4.79 Å². The number of amides is 1. The Kier molecular flexibility index (Phi) is 5.37. The SMILES string of the molecule is Cc1ccc(-c2nnc(CCC(=O)NCCn3c(C)nc4ccccc43)o2)cc1. The van der Waals surface area contributed by atoms with Crippen LogP contribution in [0.25, 0.3) is 22.5 Å². The lowest BCUT2D eigenvalue weighted by atomic mass is 10.1. The van der Waals surface area contributed by atoms with E-state index >= 15 is 0 Å². The van der Waals surface area contributed by atoms with E-state index in [4.69, 9.17) is 4.42 Å². The van der Waals surface area contributed by atoms with Gasteiger partial charge >= 0.3 is 0 Å². The minimum absolute atomic E-state index is 0.0397. The lowest BCUT2D eigenvalue weighted by molar-refractivity contribution is -0.121. The number of aryl methyl sites for hydroxylation is 3. The summed E-state index contributed by atoms with van der Waals surface area (Å²) in [5.41, 5.74) is 4.09. The third kappa shape index (κ3) is 4.34. The fraction of sp³-hybridized carbons (Fsp3) is 0.273. The minimum Gasteiger partial charge on any atom is -0.421 e. The van der Waals surface area contributed by atoms with Crippen molar-refractivity contribution in [3.05, 3.63) is 65.8 Å². The molecule has 0 atom stereocenters. The summed E-state index contributed by atoms with van der Waals surface area (Å²) in [7, 11) is 0. The molecule has 1 amide bonds. The quantitative estimate of drug-likeness (QED) is 0.523. The van der Waals surface area contributed by atoms with Gasteiger partial charge in [-0.05, 0) is 38.1 Å². The van der Waals surface area contributed by atoms with Crippen LogP contribution >= 0.6 is 0 Å². The molecule has 4 aromatic rings. The van der Waals surface area contributed by atoms with Crippen molar-refractivity contribution >= 4 is 16.9 Å². The lowest BCUT2D eigenvalue weighted by Gasteiger charge is -2.08.